The van der Waals surface area contributed by atoms with Crippen LogP contribution in [0, 0.1) is 0 Å². The third-order valence-corrected chi connectivity index (χ3v) is 4.19. The van der Waals surface area contributed by atoms with E-state index in [2.05, 4.69) is 14.9 Å². The third kappa shape index (κ3) is 2.44. The molecule has 104 valence electrons. The first-order valence-electron chi connectivity index (χ1n) is 6.55. The Labute approximate surface area is 120 Å². The highest BCUT2D eigenvalue weighted by Crippen LogP contribution is 2.34. The molecule has 1 aromatic heterocycles. The van der Waals surface area contributed by atoms with Crippen LogP contribution in [0.5, 0.6) is 0 Å². The number of fused-ring (bicyclic) bond motifs is 1. The molecule has 1 aliphatic carbocycles. The van der Waals surface area contributed by atoms with E-state index in [-0.39, 0.29) is 12.5 Å². The Kier molecular flexibility index (Phi) is 3.50. The van der Waals surface area contributed by atoms with Gasteiger partial charge < -0.3 is 10.4 Å². The molecule has 2 N–H and O–H groups in total. The predicted molar refractivity (Wildman–Crippen MR) is 75.5 cm³/mol. The van der Waals surface area contributed by atoms with Gasteiger partial charge in [0.1, 0.15) is 5.60 Å². The highest BCUT2D eigenvalue weighted by Gasteiger charge is 2.34. The minimum absolute atomic E-state index is 0.195. The van der Waals surface area contributed by atoms with Crippen molar-refractivity contribution < 1.29 is 9.90 Å². The molecule has 1 atom stereocenters. The molecule has 6 heteroatoms. The first kappa shape index (κ1) is 13.2. The summed E-state index contributed by atoms with van der Waals surface area (Å²) in [6, 6.07) is 7.86. The van der Waals surface area contributed by atoms with Crippen molar-refractivity contribution in [2.75, 3.05) is 6.54 Å². The number of rotatable bonds is 3. The summed E-state index contributed by atoms with van der Waals surface area (Å²) in [5, 5.41) is 18.9. The molecule has 0 fully saturated rings. The van der Waals surface area contributed by atoms with Gasteiger partial charge in [0, 0.05) is 5.38 Å². The van der Waals surface area contributed by atoms with E-state index >= 15 is 0 Å². The maximum absolute atomic E-state index is 11.9. The molecule has 0 aliphatic heterocycles. The minimum Gasteiger partial charge on any atom is -0.383 e. The molecule has 1 aromatic carbocycles. The summed E-state index contributed by atoms with van der Waals surface area (Å²) >= 11 is 1.13. The zero-order chi connectivity index (χ0) is 14.0. The van der Waals surface area contributed by atoms with Crippen molar-refractivity contribution in [1.29, 1.82) is 0 Å². The summed E-state index contributed by atoms with van der Waals surface area (Å²) in [7, 11) is 0. The van der Waals surface area contributed by atoms with Crippen molar-refractivity contribution in [2.45, 2.75) is 24.9 Å². The second-order valence-electron chi connectivity index (χ2n) is 5.02. The van der Waals surface area contributed by atoms with Crippen LogP contribution in [0.4, 0.5) is 0 Å². The first-order valence-corrected chi connectivity index (χ1v) is 7.39. The van der Waals surface area contributed by atoms with Crippen LogP contribution in [0.25, 0.3) is 0 Å². The van der Waals surface area contributed by atoms with Gasteiger partial charge in [-0.15, -0.1) is 5.10 Å². The first-order chi connectivity index (χ1) is 9.69. The van der Waals surface area contributed by atoms with Gasteiger partial charge in [-0.2, -0.15) is 0 Å². The van der Waals surface area contributed by atoms with Crippen LogP contribution >= 0.6 is 11.5 Å². The number of hydrogen-bond donors (Lipinski definition) is 2. The maximum atomic E-state index is 11.9. The fourth-order valence-electron chi connectivity index (χ4n) is 2.66. The lowest BCUT2D eigenvalue weighted by molar-refractivity contribution is 0.0189. The average Bonchev–Trinajstić information content (AvgIpc) is 3.00. The van der Waals surface area contributed by atoms with Crippen LogP contribution in [0.2, 0.25) is 0 Å². The molecule has 3 rings (SSSR count). The molecule has 0 saturated carbocycles. The standard InChI is InChI=1S/C14H15N3O2S/c18-13(12-8-20-17-16-12)15-9-14(19)7-3-5-10-4-1-2-6-11(10)14/h1-2,4,6,8,19H,3,5,7,9H2,(H,15,18)/t14-/m1/s1. The van der Waals surface area contributed by atoms with Crippen LogP contribution in [0.3, 0.4) is 0 Å². The normalized spacial score (nSPS) is 21.2. The van der Waals surface area contributed by atoms with E-state index < -0.39 is 5.60 Å². The van der Waals surface area contributed by atoms with E-state index in [4.69, 9.17) is 0 Å². The molecular weight excluding hydrogens is 274 g/mol. The summed E-state index contributed by atoms with van der Waals surface area (Å²) in [5.41, 5.74) is 1.38. The molecule has 0 radical (unpaired) electrons. The lowest BCUT2D eigenvalue weighted by Crippen LogP contribution is -2.43. The van der Waals surface area contributed by atoms with E-state index in [1.54, 1.807) is 5.38 Å². The quantitative estimate of drug-likeness (QED) is 0.897. The molecule has 1 heterocycles. The van der Waals surface area contributed by atoms with Gasteiger partial charge in [-0.25, -0.2) is 0 Å². The lowest BCUT2D eigenvalue weighted by atomic mass is 9.79. The number of carbonyl (C=O) groups excluding carboxylic acids is 1. The zero-order valence-corrected chi connectivity index (χ0v) is 11.7. The Morgan fingerprint density at radius 3 is 3.10 bits per heavy atom. The second kappa shape index (κ2) is 5.30. The van der Waals surface area contributed by atoms with Crippen LogP contribution in [-0.4, -0.2) is 27.1 Å². The molecule has 0 spiro atoms. The average molecular weight is 289 g/mol. The Bertz CT molecular complexity index is 615. The van der Waals surface area contributed by atoms with Gasteiger partial charge in [0.05, 0.1) is 6.54 Å². The zero-order valence-electron chi connectivity index (χ0n) is 10.9. The highest BCUT2D eigenvalue weighted by molar-refractivity contribution is 7.03. The van der Waals surface area contributed by atoms with Gasteiger partial charge in [-0.05, 0) is 41.9 Å². The van der Waals surface area contributed by atoms with Crippen molar-refractivity contribution in [3.05, 3.63) is 46.5 Å². The van der Waals surface area contributed by atoms with E-state index in [0.717, 1.165) is 35.5 Å². The van der Waals surface area contributed by atoms with Crippen LogP contribution in [0.15, 0.2) is 29.6 Å². The number of aliphatic hydroxyl groups is 1. The number of carbonyl (C=O) groups is 1. The fraction of sp³-hybridized carbons (Fsp3) is 0.357. The van der Waals surface area contributed by atoms with Gasteiger partial charge >= 0.3 is 0 Å². The Balaban J connectivity index is 1.76. The Morgan fingerprint density at radius 1 is 1.45 bits per heavy atom. The summed E-state index contributed by atoms with van der Waals surface area (Å²) < 4.78 is 3.66. The van der Waals surface area contributed by atoms with Crippen LogP contribution in [-0.2, 0) is 12.0 Å². The van der Waals surface area contributed by atoms with Gasteiger partial charge in [0.25, 0.3) is 5.91 Å². The summed E-state index contributed by atoms with van der Waals surface area (Å²) in [4.78, 5) is 11.9. The summed E-state index contributed by atoms with van der Waals surface area (Å²) in [6.45, 7) is 0.195. The Morgan fingerprint density at radius 2 is 2.30 bits per heavy atom. The van der Waals surface area contributed by atoms with Crippen LogP contribution in [0.1, 0.15) is 34.5 Å². The molecule has 2 aromatic rings. The smallest absolute Gasteiger partial charge is 0.272 e. The van der Waals surface area contributed by atoms with E-state index in [0.29, 0.717) is 12.1 Å². The van der Waals surface area contributed by atoms with Crippen molar-refractivity contribution in [2.24, 2.45) is 0 Å². The lowest BCUT2D eigenvalue weighted by Gasteiger charge is -2.34. The molecule has 0 saturated heterocycles. The Hall–Kier alpha value is -1.79. The molecule has 0 bridgehead atoms. The van der Waals surface area contributed by atoms with Gasteiger partial charge in [-0.1, -0.05) is 28.8 Å². The highest BCUT2D eigenvalue weighted by atomic mass is 32.1. The number of aryl methyl sites for hydroxylation is 1. The topological polar surface area (TPSA) is 75.1 Å². The number of benzene rings is 1. The fourth-order valence-corrected chi connectivity index (χ4v) is 3.10. The maximum Gasteiger partial charge on any atom is 0.272 e. The van der Waals surface area contributed by atoms with Crippen LogP contribution < -0.4 is 5.32 Å². The molecular formula is C14H15N3O2S. The van der Waals surface area contributed by atoms with Crippen molar-refractivity contribution in [1.82, 2.24) is 14.9 Å². The summed E-state index contributed by atoms with van der Waals surface area (Å²) in [5.74, 6) is -0.296. The number of nitrogens with one attached hydrogen (secondary N) is 1. The SMILES string of the molecule is O=C(NC[C@]1(O)CCCc2ccccc21)c1csnn1. The monoisotopic (exact) mass is 289 g/mol. The summed E-state index contributed by atoms with van der Waals surface area (Å²) in [6.07, 6.45) is 2.55. The van der Waals surface area contributed by atoms with E-state index in [1.807, 2.05) is 24.3 Å². The number of nitrogens with zero attached hydrogens (tertiary/aromatic N) is 2. The number of amides is 1. The molecule has 0 unspecified atom stereocenters. The molecule has 1 aliphatic rings. The van der Waals surface area contributed by atoms with Gasteiger partial charge in [0.15, 0.2) is 5.69 Å². The second-order valence-corrected chi connectivity index (χ2v) is 5.62. The van der Waals surface area contributed by atoms with Crippen molar-refractivity contribution in [3.8, 4) is 0 Å². The minimum atomic E-state index is -0.992. The van der Waals surface area contributed by atoms with Gasteiger partial charge in [0.2, 0.25) is 0 Å². The van der Waals surface area contributed by atoms with Crippen molar-refractivity contribution >= 4 is 17.4 Å². The third-order valence-electron chi connectivity index (χ3n) is 3.69. The largest absolute Gasteiger partial charge is 0.383 e. The molecule has 1 amide bonds. The predicted octanol–water partition coefficient (Wildman–Crippen LogP) is 1.49. The van der Waals surface area contributed by atoms with Gasteiger partial charge in [-0.3, -0.25) is 4.79 Å². The van der Waals surface area contributed by atoms with E-state index in [1.165, 1.54) is 0 Å². The number of hydrogen-bond acceptors (Lipinski definition) is 5. The molecule has 20 heavy (non-hydrogen) atoms. The number of aromatic nitrogens is 2. The van der Waals surface area contributed by atoms with Crippen molar-refractivity contribution in [3.63, 3.8) is 0 Å². The van der Waals surface area contributed by atoms with E-state index in [9.17, 15) is 9.90 Å². The molecule has 5 nitrogen and oxygen atoms in total.